The summed E-state index contributed by atoms with van der Waals surface area (Å²) in [5.74, 6) is 2.76. The van der Waals surface area contributed by atoms with Gasteiger partial charge in [0.25, 0.3) is 0 Å². The fourth-order valence-corrected chi connectivity index (χ4v) is 3.27. The number of hydrogen-bond acceptors (Lipinski definition) is 4. The molecule has 0 saturated heterocycles. The quantitative estimate of drug-likeness (QED) is 0.395. The Bertz CT molecular complexity index is 692. The van der Waals surface area contributed by atoms with Crippen molar-refractivity contribution < 1.29 is 9.47 Å². The highest BCUT2D eigenvalue weighted by Gasteiger charge is 2.12. The SMILES string of the molecule is CN=C(NCC(C)c1cccs1)Nc1ccc2c(c1)OCCCO2.I. The number of ether oxygens (including phenoxy) is 2. The first-order chi connectivity index (χ1) is 11.8. The van der Waals surface area contributed by atoms with Crippen molar-refractivity contribution in [3.05, 3.63) is 40.6 Å². The Labute approximate surface area is 169 Å². The molecule has 0 radical (unpaired) electrons. The number of nitrogens with zero attached hydrogens (tertiary/aromatic N) is 1. The third kappa shape index (κ3) is 5.50. The minimum Gasteiger partial charge on any atom is -0.490 e. The third-order valence-electron chi connectivity index (χ3n) is 3.84. The molecule has 0 saturated carbocycles. The van der Waals surface area contributed by atoms with E-state index in [1.807, 2.05) is 18.2 Å². The molecule has 1 aliphatic rings. The summed E-state index contributed by atoms with van der Waals surface area (Å²) in [6.45, 7) is 4.41. The molecule has 0 fully saturated rings. The second kappa shape index (κ2) is 9.86. The minimum atomic E-state index is 0. The van der Waals surface area contributed by atoms with Gasteiger partial charge in [0, 0.05) is 42.6 Å². The number of halogens is 1. The molecule has 25 heavy (non-hydrogen) atoms. The lowest BCUT2D eigenvalue weighted by molar-refractivity contribution is 0.297. The number of guanidine groups is 1. The summed E-state index contributed by atoms with van der Waals surface area (Å²) in [6, 6.07) is 10.1. The zero-order valence-corrected chi connectivity index (χ0v) is 17.6. The second-order valence-corrected chi connectivity index (χ2v) is 6.69. The average molecular weight is 473 g/mol. The zero-order chi connectivity index (χ0) is 16.8. The van der Waals surface area contributed by atoms with Crippen LogP contribution in [0.2, 0.25) is 0 Å². The van der Waals surface area contributed by atoms with Gasteiger partial charge in [-0.2, -0.15) is 0 Å². The molecule has 1 atom stereocenters. The van der Waals surface area contributed by atoms with E-state index in [-0.39, 0.29) is 24.0 Å². The number of fused-ring (bicyclic) bond motifs is 1. The predicted molar refractivity (Wildman–Crippen MR) is 115 cm³/mol. The average Bonchev–Trinajstić information content (AvgIpc) is 3.04. The number of anilines is 1. The van der Waals surface area contributed by atoms with Crippen LogP contribution in [0.15, 0.2) is 40.7 Å². The van der Waals surface area contributed by atoms with Crippen molar-refractivity contribution in [1.29, 1.82) is 0 Å². The molecular formula is C18H24IN3O2S. The molecule has 1 aromatic heterocycles. The summed E-state index contributed by atoms with van der Waals surface area (Å²) in [4.78, 5) is 5.66. The van der Waals surface area contributed by atoms with Crippen molar-refractivity contribution in [3.8, 4) is 11.5 Å². The van der Waals surface area contributed by atoms with Crippen molar-refractivity contribution in [2.24, 2.45) is 4.99 Å². The van der Waals surface area contributed by atoms with E-state index in [0.29, 0.717) is 19.1 Å². The molecule has 0 spiro atoms. The number of nitrogens with one attached hydrogen (secondary N) is 2. The van der Waals surface area contributed by atoms with Crippen molar-refractivity contribution in [3.63, 3.8) is 0 Å². The summed E-state index contributed by atoms with van der Waals surface area (Å²) in [7, 11) is 1.77. The lowest BCUT2D eigenvalue weighted by Crippen LogP contribution is -2.33. The molecule has 7 heteroatoms. The molecule has 2 N–H and O–H groups in total. The van der Waals surface area contributed by atoms with Gasteiger partial charge in [-0.25, -0.2) is 0 Å². The summed E-state index contributed by atoms with van der Waals surface area (Å²) in [6.07, 6.45) is 0.904. The number of hydrogen-bond donors (Lipinski definition) is 2. The summed E-state index contributed by atoms with van der Waals surface area (Å²) >= 11 is 1.78. The maximum atomic E-state index is 5.73. The van der Waals surface area contributed by atoms with E-state index in [1.165, 1.54) is 4.88 Å². The number of benzene rings is 1. The number of thiophene rings is 1. The van der Waals surface area contributed by atoms with Crippen LogP contribution in [-0.2, 0) is 0 Å². The molecule has 136 valence electrons. The van der Waals surface area contributed by atoms with Gasteiger partial charge in [0.05, 0.1) is 13.2 Å². The maximum absolute atomic E-state index is 5.73. The van der Waals surface area contributed by atoms with Crippen molar-refractivity contribution in [1.82, 2.24) is 5.32 Å². The first kappa shape index (κ1) is 19.8. The Balaban J connectivity index is 0.00000225. The van der Waals surface area contributed by atoms with Crippen LogP contribution in [-0.4, -0.2) is 32.8 Å². The molecule has 2 heterocycles. The molecular weight excluding hydrogens is 449 g/mol. The van der Waals surface area contributed by atoms with Crippen LogP contribution in [0, 0.1) is 0 Å². The topological polar surface area (TPSA) is 54.9 Å². The van der Waals surface area contributed by atoms with E-state index >= 15 is 0 Å². The molecule has 5 nitrogen and oxygen atoms in total. The van der Waals surface area contributed by atoms with Gasteiger partial charge >= 0.3 is 0 Å². The monoisotopic (exact) mass is 473 g/mol. The van der Waals surface area contributed by atoms with E-state index in [2.05, 4.69) is 40.1 Å². The summed E-state index contributed by atoms with van der Waals surface area (Å²) < 4.78 is 11.4. The molecule has 0 aliphatic carbocycles. The van der Waals surface area contributed by atoms with Crippen molar-refractivity contribution in [2.75, 3.05) is 32.1 Å². The lowest BCUT2D eigenvalue weighted by Gasteiger charge is -2.16. The second-order valence-electron chi connectivity index (χ2n) is 5.71. The van der Waals surface area contributed by atoms with Gasteiger partial charge in [-0.05, 0) is 23.6 Å². The Kier molecular flexibility index (Phi) is 7.83. The highest BCUT2D eigenvalue weighted by molar-refractivity contribution is 14.0. The Morgan fingerprint density at radius 3 is 2.76 bits per heavy atom. The van der Waals surface area contributed by atoms with Gasteiger partial charge in [-0.15, -0.1) is 35.3 Å². The minimum absolute atomic E-state index is 0. The zero-order valence-electron chi connectivity index (χ0n) is 14.5. The normalized spacial score (nSPS) is 14.9. The van der Waals surface area contributed by atoms with E-state index in [0.717, 1.165) is 36.1 Å². The molecule has 0 amide bonds. The van der Waals surface area contributed by atoms with Gasteiger partial charge in [0.1, 0.15) is 0 Å². The predicted octanol–water partition coefficient (Wildman–Crippen LogP) is 4.32. The van der Waals surface area contributed by atoms with Crippen LogP contribution in [0.25, 0.3) is 0 Å². The van der Waals surface area contributed by atoms with Crippen LogP contribution >= 0.6 is 35.3 Å². The van der Waals surface area contributed by atoms with Crippen LogP contribution in [0.1, 0.15) is 24.1 Å². The van der Waals surface area contributed by atoms with Gasteiger partial charge in [-0.3, -0.25) is 4.99 Å². The first-order valence-corrected chi connectivity index (χ1v) is 9.05. The smallest absolute Gasteiger partial charge is 0.195 e. The number of aliphatic imine (C=N–C) groups is 1. The van der Waals surface area contributed by atoms with Crippen molar-refractivity contribution >= 4 is 47.0 Å². The van der Waals surface area contributed by atoms with Crippen LogP contribution in [0.5, 0.6) is 11.5 Å². The van der Waals surface area contributed by atoms with E-state index in [9.17, 15) is 0 Å². The lowest BCUT2D eigenvalue weighted by atomic mass is 10.1. The third-order valence-corrected chi connectivity index (χ3v) is 4.94. The van der Waals surface area contributed by atoms with E-state index < -0.39 is 0 Å². The molecule has 1 aromatic carbocycles. The summed E-state index contributed by atoms with van der Waals surface area (Å²) in [5.41, 5.74) is 0.927. The fourth-order valence-electron chi connectivity index (χ4n) is 2.48. The van der Waals surface area contributed by atoms with Gasteiger partial charge in [-0.1, -0.05) is 13.0 Å². The molecule has 2 aromatic rings. The molecule has 1 aliphatic heterocycles. The fraction of sp³-hybridized carbons (Fsp3) is 0.389. The standard InChI is InChI=1S/C18H23N3O2S.HI/c1-13(17-5-3-10-24-17)12-20-18(19-2)21-14-6-7-15-16(11-14)23-9-4-8-22-15;/h3,5-7,10-11,13H,4,8-9,12H2,1-2H3,(H2,19,20,21);1H. The van der Waals surface area contributed by atoms with Gasteiger partial charge in [0.2, 0.25) is 0 Å². The Hall–Kier alpha value is -1.48. The number of rotatable bonds is 4. The van der Waals surface area contributed by atoms with Crippen LogP contribution in [0.3, 0.4) is 0 Å². The molecule has 0 bridgehead atoms. The highest BCUT2D eigenvalue weighted by atomic mass is 127. The van der Waals surface area contributed by atoms with Gasteiger partial charge < -0.3 is 20.1 Å². The maximum Gasteiger partial charge on any atom is 0.195 e. The first-order valence-electron chi connectivity index (χ1n) is 8.17. The highest BCUT2D eigenvalue weighted by Crippen LogP contribution is 2.32. The van der Waals surface area contributed by atoms with Gasteiger partial charge in [0.15, 0.2) is 17.5 Å². The Morgan fingerprint density at radius 2 is 2.04 bits per heavy atom. The van der Waals surface area contributed by atoms with E-state index in [1.54, 1.807) is 18.4 Å². The largest absolute Gasteiger partial charge is 0.490 e. The molecule has 3 rings (SSSR count). The van der Waals surface area contributed by atoms with Crippen molar-refractivity contribution in [2.45, 2.75) is 19.3 Å². The molecule has 1 unspecified atom stereocenters. The van der Waals surface area contributed by atoms with Crippen LogP contribution < -0.4 is 20.1 Å². The van der Waals surface area contributed by atoms with E-state index in [4.69, 9.17) is 9.47 Å². The Morgan fingerprint density at radius 1 is 1.24 bits per heavy atom. The van der Waals surface area contributed by atoms with Crippen LogP contribution in [0.4, 0.5) is 5.69 Å². The summed E-state index contributed by atoms with van der Waals surface area (Å²) in [5, 5.41) is 8.79.